The van der Waals surface area contributed by atoms with Gasteiger partial charge in [0.2, 0.25) is 10.0 Å². The second kappa shape index (κ2) is 4.55. The topological polar surface area (TPSA) is 63.4 Å². The standard InChI is InChI=1S/C13H20N2O2S/c1-13(2)7-9-15(10-8-13)18(16,17)12-6-4-3-5-11(12)14/h3-6H,7-10,14H2,1-2H3. The van der Waals surface area contributed by atoms with E-state index in [1.165, 1.54) is 0 Å². The molecule has 4 nitrogen and oxygen atoms in total. The molecular weight excluding hydrogens is 248 g/mol. The molecule has 0 aliphatic carbocycles. The van der Waals surface area contributed by atoms with Gasteiger partial charge in [-0.1, -0.05) is 26.0 Å². The fourth-order valence-electron chi connectivity index (χ4n) is 2.19. The molecule has 1 heterocycles. The van der Waals surface area contributed by atoms with Crippen molar-refractivity contribution in [1.29, 1.82) is 0 Å². The lowest BCUT2D eigenvalue weighted by molar-refractivity contribution is 0.196. The first-order valence-electron chi connectivity index (χ1n) is 6.18. The first kappa shape index (κ1) is 13.4. The monoisotopic (exact) mass is 268 g/mol. The number of nitrogens with zero attached hydrogens (tertiary/aromatic N) is 1. The van der Waals surface area contributed by atoms with Gasteiger partial charge in [-0.05, 0) is 30.4 Å². The van der Waals surface area contributed by atoms with Gasteiger partial charge in [0.25, 0.3) is 0 Å². The Morgan fingerprint density at radius 1 is 1.17 bits per heavy atom. The molecule has 1 fully saturated rings. The molecule has 100 valence electrons. The van der Waals surface area contributed by atoms with E-state index in [9.17, 15) is 8.42 Å². The molecule has 1 aliphatic heterocycles. The highest BCUT2D eigenvalue weighted by molar-refractivity contribution is 7.89. The molecule has 0 spiro atoms. The van der Waals surface area contributed by atoms with E-state index in [1.807, 2.05) is 0 Å². The van der Waals surface area contributed by atoms with Gasteiger partial charge in [-0.2, -0.15) is 4.31 Å². The minimum absolute atomic E-state index is 0.227. The fraction of sp³-hybridized carbons (Fsp3) is 0.538. The van der Waals surface area contributed by atoms with Crippen molar-refractivity contribution in [2.45, 2.75) is 31.6 Å². The van der Waals surface area contributed by atoms with E-state index in [0.717, 1.165) is 12.8 Å². The molecule has 0 amide bonds. The van der Waals surface area contributed by atoms with Crippen LogP contribution in [0.1, 0.15) is 26.7 Å². The molecule has 0 aromatic heterocycles. The summed E-state index contributed by atoms with van der Waals surface area (Å²) in [6.45, 7) is 5.50. The summed E-state index contributed by atoms with van der Waals surface area (Å²) in [5, 5.41) is 0. The van der Waals surface area contributed by atoms with Crippen molar-refractivity contribution in [3.05, 3.63) is 24.3 Å². The van der Waals surface area contributed by atoms with Gasteiger partial charge in [-0.15, -0.1) is 0 Å². The van der Waals surface area contributed by atoms with Crippen LogP contribution in [0.25, 0.3) is 0 Å². The largest absolute Gasteiger partial charge is 0.398 e. The molecule has 2 rings (SSSR count). The second-order valence-electron chi connectivity index (χ2n) is 5.61. The zero-order valence-electron chi connectivity index (χ0n) is 10.9. The van der Waals surface area contributed by atoms with Crippen LogP contribution in [0, 0.1) is 5.41 Å². The highest BCUT2D eigenvalue weighted by Crippen LogP contribution is 2.33. The molecule has 18 heavy (non-hydrogen) atoms. The van der Waals surface area contributed by atoms with Gasteiger partial charge in [0.05, 0.1) is 5.69 Å². The number of anilines is 1. The van der Waals surface area contributed by atoms with Crippen molar-refractivity contribution >= 4 is 15.7 Å². The first-order valence-corrected chi connectivity index (χ1v) is 7.62. The Morgan fingerprint density at radius 3 is 2.28 bits per heavy atom. The smallest absolute Gasteiger partial charge is 0.245 e. The molecule has 5 heteroatoms. The Kier molecular flexibility index (Phi) is 3.38. The van der Waals surface area contributed by atoms with E-state index >= 15 is 0 Å². The molecule has 0 radical (unpaired) electrons. The molecule has 1 saturated heterocycles. The predicted molar refractivity (Wildman–Crippen MR) is 72.6 cm³/mol. The maximum absolute atomic E-state index is 12.5. The maximum atomic E-state index is 12.5. The van der Waals surface area contributed by atoms with Crippen LogP contribution in [0.2, 0.25) is 0 Å². The van der Waals surface area contributed by atoms with Crippen molar-refractivity contribution in [2.75, 3.05) is 18.8 Å². The van der Waals surface area contributed by atoms with Gasteiger partial charge in [-0.3, -0.25) is 0 Å². The van der Waals surface area contributed by atoms with E-state index in [2.05, 4.69) is 13.8 Å². The molecule has 1 aromatic rings. The van der Waals surface area contributed by atoms with E-state index in [4.69, 9.17) is 5.73 Å². The summed E-state index contributed by atoms with van der Waals surface area (Å²) in [7, 11) is -3.43. The number of benzene rings is 1. The zero-order chi connectivity index (χ0) is 13.4. The quantitative estimate of drug-likeness (QED) is 0.835. The van der Waals surface area contributed by atoms with Crippen LogP contribution in [-0.4, -0.2) is 25.8 Å². The van der Waals surface area contributed by atoms with Crippen LogP contribution >= 0.6 is 0 Å². The third-order valence-corrected chi connectivity index (χ3v) is 5.59. The van der Waals surface area contributed by atoms with Gasteiger partial charge in [0, 0.05) is 13.1 Å². The van der Waals surface area contributed by atoms with E-state index in [0.29, 0.717) is 18.8 Å². The molecule has 0 saturated carbocycles. The third kappa shape index (κ3) is 2.52. The number of nitrogens with two attached hydrogens (primary N) is 1. The first-order chi connectivity index (χ1) is 8.33. The number of sulfonamides is 1. The van der Waals surface area contributed by atoms with Gasteiger partial charge in [0.15, 0.2) is 0 Å². The van der Waals surface area contributed by atoms with Crippen LogP contribution in [-0.2, 0) is 10.0 Å². The summed E-state index contributed by atoms with van der Waals surface area (Å²) in [6.07, 6.45) is 1.78. The highest BCUT2D eigenvalue weighted by Gasteiger charge is 2.33. The summed E-state index contributed by atoms with van der Waals surface area (Å²) < 4.78 is 26.5. The van der Waals surface area contributed by atoms with Crippen LogP contribution in [0.4, 0.5) is 5.69 Å². The Labute approximate surface area is 109 Å². The lowest BCUT2D eigenvalue weighted by atomic mass is 9.83. The van der Waals surface area contributed by atoms with Gasteiger partial charge in [0.1, 0.15) is 4.90 Å². The van der Waals surface area contributed by atoms with Crippen LogP contribution in [0.3, 0.4) is 0 Å². The van der Waals surface area contributed by atoms with Crippen molar-refractivity contribution in [3.8, 4) is 0 Å². The molecular formula is C13H20N2O2S. The Hall–Kier alpha value is -1.07. The minimum Gasteiger partial charge on any atom is -0.398 e. The zero-order valence-corrected chi connectivity index (χ0v) is 11.7. The van der Waals surface area contributed by atoms with Crippen LogP contribution in [0.5, 0.6) is 0 Å². The molecule has 0 bridgehead atoms. The highest BCUT2D eigenvalue weighted by atomic mass is 32.2. The average Bonchev–Trinajstić information content (AvgIpc) is 2.28. The lowest BCUT2D eigenvalue weighted by Crippen LogP contribution is -2.41. The van der Waals surface area contributed by atoms with Crippen molar-refractivity contribution in [1.82, 2.24) is 4.31 Å². The Bertz CT molecular complexity index is 528. The SMILES string of the molecule is CC1(C)CCN(S(=O)(=O)c2ccccc2N)CC1. The number of para-hydroxylation sites is 1. The van der Waals surface area contributed by atoms with Gasteiger partial charge >= 0.3 is 0 Å². The van der Waals surface area contributed by atoms with Crippen molar-refractivity contribution in [2.24, 2.45) is 5.41 Å². The minimum atomic E-state index is -3.43. The number of hydrogen-bond donors (Lipinski definition) is 1. The molecule has 2 N–H and O–H groups in total. The van der Waals surface area contributed by atoms with E-state index < -0.39 is 10.0 Å². The number of hydrogen-bond acceptors (Lipinski definition) is 3. The maximum Gasteiger partial charge on any atom is 0.245 e. The number of nitrogen functional groups attached to an aromatic ring is 1. The normalized spacial score (nSPS) is 20.8. The summed E-state index contributed by atoms with van der Waals surface area (Å²) in [4.78, 5) is 0.227. The summed E-state index contributed by atoms with van der Waals surface area (Å²) in [5.41, 5.74) is 6.31. The molecule has 1 aliphatic rings. The average molecular weight is 268 g/mol. The number of rotatable bonds is 2. The summed E-state index contributed by atoms with van der Waals surface area (Å²) in [6, 6.07) is 6.65. The fourth-order valence-corrected chi connectivity index (χ4v) is 3.74. The summed E-state index contributed by atoms with van der Waals surface area (Å²) in [5.74, 6) is 0. The molecule has 0 unspecified atom stereocenters. The van der Waals surface area contributed by atoms with Crippen LogP contribution < -0.4 is 5.73 Å². The lowest BCUT2D eigenvalue weighted by Gasteiger charge is -2.36. The number of piperidine rings is 1. The second-order valence-corrected chi connectivity index (χ2v) is 7.51. The third-order valence-electron chi connectivity index (χ3n) is 3.61. The van der Waals surface area contributed by atoms with Crippen molar-refractivity contribution in [3.63, 3.8) is 0 Å². The van der Waals surface area contributed by atoms with Crippen LogP contribution in [0.15, 0.2) is 29.2 Å². The van der Waals surface area contributed by atoms with E-state index in [1.54, 1.807) is 28.6 Å². The molecule has 0 atom stereocenters. The molecule has 1 aromatic carbocycles. The summed E-state index contributed by atoms with van der Waals surface area (Å²) >= 11 is 0. The van der Waals surface area contributed by atoms with Gasteiger partial charge < -0.3 is 5.73 Å². The van der Waals surface area contributed by atoms with Crippen molar-refractivity contribution < 1.29 is 8.42 Å². The predicted octanol–water partition coefficient (Wildman–Crippen LogP) is 2.08. The van der Waals surface area contributed by atoms with E-state index in [-0.39, 0.29) is 10.3 Å². The van der Waals surface area contributed by atoms with Gasteiger partial charge in [-0.25, -0.2) is 8.42 Å². The Balaban J connectivity index is 2.26. The Morgan fingerprint density at radius 2 is 1.72 bits per heavy atom.